The zero-order valence-corrected chi connectivity index (χ0v) is 25.7. The average Bonchev–Trinajstić information content (AvgIpc) is 3.65. The van der Waals surface area contributed by atoms with Crippen molar-refractivity contribution < 1.29 is 42.0 Å². The second-order valence-electron chi connectivity index (χ2n) is 11.2. The van der Waals surface area contributed by atoms with Crippen molar-refractivity contribution in [3.63, 3.8) is 0 Å². The van der Waals surface area contributed by atoms with Crippen molar-refractivity contribution in [3.8, 4) is 28.6 Å². The second kappa shape index (κ2) is 12.4. The van der Waals surface area contributed by atoms with Gasteiger partial charge in [0.15, 0.2) is 5.82 Å². The largest absolute Gasteiger partial charge is 0.494 e. The summed E-state index contributed by atoms with van der Waals surface area (Å²) >= 11 is 5.82. The molecule has 3 aromatic carbocycles. The number of carbonyl (C=O) groups is 1. The molecule has 2 aliphatic heterocycles. The van der Waals surface area contributed by atoms with Gasteiger partial charge in [0.1, 0.15) is 41.1 Å². The lowest BCUT2D eigenvalue weighted by molar-refractivity contribution is -0.0589. The van der Waals surface area contributed by atoms with Gasteiger partial charge in [-0.3, -0.25) is 0 Å². The van der Waals surface area contributed by atoms with Crippen LogP contribution in [0.1, 0.15) is 39.3 Å². The van der Waals surface area contributed by atoms with Crippen LogP contribution in [0.4, 0.5) is 13.2 Å². The minimum atomic E-state index is -1.11. The van der Waals surface area contributed by atoms with Crippen LogP contribution in [-0.2, 0) is 30.7 Å². The van der Waals surface area contributed by atoms with E-state index in [4.69, 9.17) is 35.5 Å². The maximum absolute atomic E-state index is 16.1. The molecular weight excluding hydrogens is 639 g/mol. The van der Waals surface area contributed by atoms with Gasteiger partial charge in [0.2, 0.25) is 0 Å². The molecule has 0 bridgehead atoms. The first-order valence-electron chi connectivity index (χ1n) is 14.8. The monoisotopic (exact) mass is 665 g/mol. The normalized spacial score (nSPS) is 15.3. The number of fused-ring (bicyclic) bond motifs is 2. The molecule has 242 valence electrons. The van der Waals surface area contributed by atoms with Crippen molar-refractivity contribution in [2.45, 2.75) is 38.5 Å². The lowest BCUT2D eigenvalue weighted by atomic mass is 9.96. The summed E-state index contributed by atoms with van der Waals surface area (Å²) in [5, 5.41) is 9.92. The molecule has 1 atom stereocenters. The molecule has 0 saturated carbocycles. The Hall–Kier alpha value is -4.81. The summed E-state index contributed by atoms with van der Waals surface area (Å²) in [5.74, 6) is -2.21. The Bertz CT molecular complexity index is 2050. The molecule has 0 spiro atoms. The van der Waals surface area contributed by atoms with Crippen LogP contribution in [0.15, 0.2) is 48.5 Å². The molecule has 4 heterocycles. The van der Waals surface area contributed by atoms with Gasteiger partial charge in [-0.1, -0.05) is 17.7 Å². The number of aromatic nitrogens is 3. The summed E-state index contributed by atoms with van der Waals surface area (Å²) in [6.07, 6.45) is 1.22. The van der Waals surface area contributed by atoms with Gasteiger partial charge in [0.25, 0.3) is 5.88 Å². The summed E-state index contributed by atoms with van der Waals surface area (Å²) in [7, 11) is 1.44. The third-order valence-electron chi connectivity index (χ3n) is 8.39. The summed E-state index contributed by atoms with van der Waals surface area (Å²) in [6.45, 7) is 1.02. The quantitative estimate of drug-likeness (QED) is 0.174. The van der Waals surface area contributed by atoms with Gasteiger partial charge in [-0.2, -0.15) is 0 Å². The van der Waals surface area contributed by atoms with Crippen LogP contribution in [0.2, 0.25) is 5.02 Å². The van der Waals surface area contributed by atoms with Crippen molar-refractivity contribution in [3.05, 3.63) is 99.1 Å². The van der Waals surface area contributed by atoms with E-state index in [9.17, 15) is 18.7 Å². The molecule has 47 heavy (non-hydrogen) atoms. The highest BCUT2D eigenvalue weighted by Gasteiger charge is 2.29. The Balaban J connectivity index is 1.25. The van der Waals surface area contributed by atoms with Crippen molar-refractivity contribution in [2.75, 3.05) is 20.3 Å². The Morgan fingerprint density at radius 1 is 1.06 bits per heavy atom. The molecule has 13 heteroatoms. The van der Waals surface area contributed by atoms with E-state index in [-0.39, 0.29) is 52.6 Å². The van der Waals surface area contributed by atoms with Gasteiger partial charge < -0.3 is 28.6 Å². The van der Waals surface area contributed by atoms with E-state index < -0.39 is 23.4 Å². The highest BCUT2D eigenvalue weighted by molar-refractivity contribution is 6.30. The maximum atomic E-state index is 16.1. The van der Waals surface area contributed by atoms with Crippen LogP contribution < -0.4 is 14.2 Å². The van der Waals surface area contributed by atoms with Crippen molar-refractivity contribution >= 4 is 28.6 Å². The number of hydrogen-bond donors (Lipinski definition) is 1. The fourth-order valence-corrected chi connectivity index (χ4v) is 6.06. The minimum Gasteiger partial charge on any atom is -0.494 e. The van der Waals surface area contributed by atoms with Gasteiger partial charge in [-0.15, -0.1) is 0 Å². The molecule has 2 aromatic heterocycles. The SMILES string of the molecule is COc1cc(C(=O)O)cc2c1nc(Cc1c(F)cc(-c3ccc(F)c(OCc4ccc(Cl)cc4F)n3)c3c1CCO3)n2C[C@@H]1CCO1. The lowest BCUT2D eigenvalue weighted by Crippen LogP contribution is -2.31. The van der Waals surface area contributed by atoms with E-state index in [1.807, 2.05) is 4.57 Å². The first-order valence-corrected chi connectivity index (χ1v) is 15.2. The van der Waals surface area contributed by atoms with Gasteiger partial charge in [0, 0.05) is 46.7 Å². The van der Waals surface area contributed by atoms with Crippen molar-refractivity contribution in [2.24, 2.45) is 0 Å². The predicted molar refractivity (Wildman–Crippen MR) is 165 cm³/mol. The van der Waals surface area contributed by atoms with Crippen molar-refractivity contribution in [1.29, 1.82) is 0 Å². The van der Waals surface area contributed by atoms with E-state index in [1.165, 1.54) is 43.5 Å². The molecule has 1 N–H and O–H groups in total. The number of methoxy groups -OCH3 is 1. The Labute approximate surface area is 271 Å². The smallest absolute Gasteiger partial charge is 0.335 e. The number of halogens is 4. The molecule has 7 rings (SSSR count). The first-order chi connectivity index (χ1) is 22.7. The average molecular weight is 666 g/mol. The van der Waals surface area contributed by atoms with Gasteiger partial charge >= 0.3 is 5.97 Å². The highest BCUT2D eigenvalue weighted by Crippen LogP contribution is 2.41. The number of imidazole rings is 1. The van der Waals surface area contributed by atoms with Crippen LogP contribution in [-0.4, -0.2) is 52.0 Å². The number of nitrogens with zero attached hydrogens (tertiary/aromatic N) is 3. The van der Waals surface area contributed by atoms with E-state index in [1.54, 1.807) is 0 Å². The topological polar surface area (TPSA) is 105 Å². The number of carboxylic acid groups (broad SMARTS) is 1. The number of pyridine rings is 1. The predicted octanol–water partition coefficient (Wildman–Crippen LogP) is 6.77. The molecule has 0 radical (unpaired) electrons. The minimum absolute atomic E-state index is 0.0369. The molecular formula is C34H27ClF3N3O6. The zero-order valence-electron chi connectivity index (χ0n) is 25.0. The standard InChI is InChI=1S/C34H27ClF3N3O6/c1-44-29-11-18(34(42)43)10-28-31(29)40-30(41(28)15-20-6-8-45-20)14-22-21-7-9-46-32(21)23(13-26(22)38)27-5-4-24(36)33(39-27)47-16-17-2-3-19(35)12-25(17)37/h2-5,10-13,20H,6-9,14-16H2,1H3,(H,42,43)/t20-/m0/s1. The number of hydrogen-bond acceptors (Lipinski definition) is 7. The van der Waals surface area contributed by atoms with Gasteiger partial charge in [-0.05, 0) is 48.9 Å². The molecule has 0 aliphatic carbocycles. The van der Waals surface area contributed by atoms with Crippen LogP contribution >= 0.6 is 11.6 Å². The molecule has 2 aliphatic rings. The summed E-state index contributed by atoms with van der Waals surface area (Å²) < 4.78 is 69.6. The number of benzene rings is 3. The highest BCUT2D eigenvalue weighted by atomic mass is 35.5. The van der Waals surface area contributed by atoms with Gasteiger partial charge in [0.05, 0.1) is 43.1 Å². The maximum Gasteiger partial charge on any atom is 0.335 e. The number of rotatable bonds is 10. The third kappa shape index (κ3) is 5.83. The zero-order chi connectivity index (χ0) is 32.8. The number of aromatic carboxylic acids is 1. The summed E-state index contributed by atoms with van der Waals surface area (Å²) in [5.41, 5.74) is 2.70. The molecule has 1 fully saturated rings. The third-order valence-corrected chi connectivity index (χ3v) is 8.62. The molecule has 9 nitrogen and oxygen atoms in total. The number of ether oxygens (including phenoxy) is 4. The molecule has 0 unspecified atom stereocenters. The van der Waals surface area contributed by atoms with E-state index in [2.05, 4.69) is 4.98 Å². The van der Waals surface area contributed by atoms with Gasteiger partial charge in [-0.25, -0.2) is 27.9 Å². The molecule has 1 saturated heterocycles. The Morgan fingerprint density at radius 2 is 1.89 bits per heavy atom. The Morgan fingerprint density at radius 3 is 2.62 bits per heavy atom. The van der Waals surface area contributed by atoms with E-state index in [0.29, 0.717) is 65.5 Å². The lowest BCUT2D eigenvalue weighted by Gasteiger charge is -2.27. The summed E-state index contributed by atoms with van der Waals surface area (Å²) in [6, 6.07) is 10.8. The second-order valence-corrected chi connectivity index (χ2v) is 11.7. The van der Waals surface area contributed by atoms with Crippen LogP contribution in [0.25, 0.3) is 22.3 Å². The van der Waals surface area contributed by atoms with Crippen LogP contribution in [0.3, 0.4) is 0 Å². The van der Waals surface area contributed by atoms with Crippen LogP contribution in [0, 0.1) is 17.5 Å². The number of carboxylic acids is 1. The first kappa shape index (κ1) is 30.8. The fraction of sp³-hybridized carbons (Fsp3) is 0.265. The van der Waals surface area contributed by atoms with E-state index in [0.717, 1.165) is 18.6 Å². The van der Waals surface area contributed by atoms with Crippen molar-refractivity contribution in [1.82, 2.24) is 14.5 Å². The Kier molecular flexibility index (Phi) is 8.15. The van der Waals surface area contributed by atoms with Crippen LogP contribution in [0.5, 0.6) is 17.4 Å². The van der Waals surface area contributed by atoms with E-state index >= 15 is 4.39 Å². The molecule has 5 aromatic rings. The fourth-order valence-electron chi connectivity index (χ4n) is 5.90. The summed E-state index contributed by atoms with van der Waals surface area (Å²) in [4.78, 5) is 21.0. The molecule has 0 amide bonds.